The van der Waals surface area contributed by atoms with Crippen LogP contribution in [0.1, 0.15) is 11.7 Å². The lowest BCUT2D eigenvalue weighted by Gasteiger charge is -2.36. The summed E-state index contributed by atoms with van der Waals surface area (Å²) in [6.07, 6.45) is -5.77. The molecule has 0 aromatic heterocycles. The third-order valence-corrected chi connectivity index (χ3v) is 4.72. The summed E-state index contributed by atoms with van der Waals surface area (Å²) in [5, 5.41) is 10.2. The Morgan fingerprint density at radius 3 is 2.20 bits per heavy atom. The standard InChI is InChI=1S/C20H22F4N4O2/c21-15-3-5-16(6-4-15)27-9-11-28(12-10-27)19(25)26-13-18(29)14-1-7-17(8-2-14)30-20(22,23)24/h1-8,18,29H,9-13H2,(H2,25,26). The number of halogens is 4. The highest BCUT2D eigenvalue weighted by Gasteiger charge is 2.31. The number of benzene rings is 2. The van der Waals surface area contributed by atoms with Gasteiger partial charge in [0.1, 0.15) is 11.6 Å². The van der Waals surface area contributed by atoms with Crippen LogP contribution in [0.5, 0.6) is 5.75 Å². The van der Waals surface area contributed by atoms with Crippen molar-refractivity contribution in [3.63, 3.8) is 0 Å². The highest BCUT2D eigenvalue weighted by atomic mass is 19.4. The molecule has 1 unspecified atom stereocenters. The Morgan fingerprint density at radius 2 is 1.63 bits per heavy atom. The Bertz CT molecular complexity index is 849. The van der Waals surface area contributed by atoms with Gasteiger partial charge in [0.25, 0.3) is 0 Å². The molecular formula is C20H22F4N4O2. The van der Waals surface area contributed by atoms with Gasteiger partial charge in [0.15, 0.2) is 5.96 Å². The molecule has 3 rings (SSSR count). The maximum absolute atomic E-state index is 13.0. The molecule has 3 N–H and O–H groups in total. The Morgan fingerprint density at radius 1 is 1.03 bits per heavy atom. The van der Waals surface area contributed by atoms with Crippen molar-refractivity contribution in [2.24, 2.45) is 10.7 Å². The van der Waals surface area contributed by atoms with E-state index in [-0.39, 0.29) is 24.1 Å². The van der Waals surface area contributed by atoms with Crippen LogP contribution in [0.15, 0.2) is 53.5 Å². The number of aliphatic imine (C=N–C) groups is 1. The molecule has 0 saturated carbocycles. The van der Waals surface area contributed by atoms with E-state index in [0.717, 1.165) is 17.8 Å². The second kappa shape index (κ2) is 9.21. The quantitative estimate of drug-likeness (QED) is 0.437. The minimum absolute atomic E-state index is 0.0243. The summed E-state index contributed by atoms with van der Waals surface area (Å²) in [7, 11) is 0. The van der Waals surface area contributed by atoms with Crippen LogP contribution in [0.3, 0.4) is 0 Å². The first kappa shape index (κ1) is 21.7. The number of aliphatic hydroxyl groups excluding tert-OH is 1. The summed E-state index contributed by atoms with van der Waals surface area (Å²) < 4.78 is 53.4. The van der Waals surface area contributed by atoms with Crippen molar-refractivity contribution in [3.05, 3.63) is 59.9 Å². The number of aliphatic hydroxyl groups is 1. The van der Waals surface area contributed by atoms with Gasteiger partial charge in [-0.1, -0.05) is 12.1 Å². The lowest BCUT2D eigenvalue weighted by Crippen LogP contribution is -2.51. The van der Waals surface area contributed by atoms with E-state index in [0.29, 0.717) is 31.7 Å². The number of hydrogen-bond donors (Lipinski definition) is 2. The summed E-state index contributed by atoms with van der Waals surface area (Å²) >= 11 is 0. The van der Waals surface area contributed by atoms with Crippen LogP contribution in [0.2, 0.25) is 0 Å². The van der Waals surface area contributed by atoms with E-state index in [1.165, 1.54) is 24.3 Å². The molecule has 0 amide bonds. The van der Waals surface area contributed by atoms with Gasteiger partial charge in [-0.3, -0.25) is 4.99 Å². The largest absolute Gasteiger partial charge is 0.573 e. The van der Waals surface area contributed by atoms with Crippen molar-refractivity contribution >= 4 is 11.6 Å². The summed E-state index contributed by atoms with van der Waals surface area (Å²) in [4.78, 5) is 8.20. The van der Waals surface area contributed by atoms with E-state index in [4.69, 9.17) is 5.73 Å². The first-order chi connectivity index (χ1) is 14.2. The molecule has 30 heavy (non-hydrogen) atoms. The lowest BCUT2D eigenvalue weighted by molar-refractivity contribution is -0.274. The molecule has 0 radical (unpaired) electrons. The van der Waals surface area contributed by atoms with E-state index in [9.17, 15) is 22.7 Å². The number of nitrogens with two attached hydrogens (primary N) is 1. The van der Waals surface area contributed by atoms with Crippen molar-refractivity contribution in [1.29, 1.82) is 0 Å². The molecule has 1 aliphatic rings. The van der Waals surface area contributed by atoms with Crippen molar-refractivity contribution in [1.82, 2.24) is 4.90 Å². The molecular weight excluding hydrogens is 404 g/mol. The molecule has 1 saturated heterocycles. The van der Waals surface area contributed by atoms with Gasteiger partial charge in [0.2, 0.25) is 0 Å². The first-order valence-electron chi connectivity index (χ1n) is 9.30. The van der Waals surface area contributed by atoms with Crippen molar-refractivity contribution in [3.8, 4) is 5.75 Å². The molecule has 0 bridgehead atoms. The van der Waals surface area contributed by atoms with Crippen LogP contribution in [0, 0.1) is 5.82 Å². The molecule has 162 valence electrons. The van der Waals surface area contributed by atoms with Crippen molar-refractivity contribution < 1.29 is 27.4 Å². The van der Waals surface area contributed by atoms with Gasteiger partial charge in [-0.05, 0) is 42.0 Å². The molecule has 1 heterocycles. The zero-order valence-corrected chi connectivity index (χ0v) is 16.0. The Hall–Kier alpha value is -3.01. The van der Waals surface area contributed by atoms with E-state index in [1.807, 2.05) is 4.90 Å². The first-order valence-corrected chi connectivity index (χ1v) is 9.30. The van der Waals surface area contributed by atoms with Gasteiger partial charge in [-0.15, -0.1) is 13.2 Å². The molecule has 1 fully saturated rings. The number of hydrogen-bond acceptors (Lipinski definition) is 4. The third kappa shape index (κ3) is 5.99. The number of rotatable bonds is 5. The van der Waals surface area contributed by atoms with Gasteiger partial charge in [0.05, 0.1) is 12.6 Å². The predicted molar refractivity (Wildman–Crippen MR) is 105 cm³/mol. The topological polar surface area (TPSA) is 74.3 Å². The van der Waals surface area contributed by atoms with Crippen LogP contribution in [-0.4, -0.2) is 55.1 Å². The molecule has 1 aliphatic heterocycles. The van der Waals surface area contributed by atoms with Gasteiger partial charge >= 0.3 is 6.36 Å². The maximum Gasteiger partial charge on any atom is 0.573 e. The average molecular weight is 426 g/mol. The molecule has 0 spiro atoms. The maximum atomic E-state index is 13.0. The van der Waals surface area contributed by atoms with Crippen LogP contribution in [0.4, 0.5) is 23.2 Å². The van der Waals surface area contributed by atoms with Crippen LogP contribution in [0.25, 0.3) is 0 Å². The van der Waals surface area contributed by atoms with E-state index in [2.05, 4.69) is 14.6 Å². The Labute approximate surface area is 171 Å². The molecule has 2 aromatic rings. The smallest absolute Gasteiger partial charge is 0.406 e. The second-order valence-corrected chi connectivity index (χ2v) is 6.78. The summed E-state index contributed by atoms with van der Waals surface area (Å²) in [6.45, 7) is 2.58. The summed E-state index contributed by atoms with van der Waals surface area (Å²) in [6, 6.07) is 11.2. The highest BCUT2D eigenvalue weighted by Crippen LogP contribution is 2.24. The minimum Gasteiger partial charge on any atom is -0.406 e. The molecule has 10 heteroatoms. The minimum atomic E-state index is -4.76. The summed E-state index contributed by atoms with van der Waals surface area (Å²) in [5.74, 6) is -0.361. The summed E-state index contributed by atoms with van der Waals surface area (Å²) in [5.41, 5.74) is 7.36. The molecule has 2 aromatic carbocycles. The van der Waals surface area contributed by atoms with Crippen molar-refractivity contribution in [2.45, 2.75) is 12.5 Å². The van der Waals surface area contributed by atoms with Crippen molar-refractivity contribution in [2.75, 3.05) is 37.6 Å². The fraction of sp³-hybridized carbons (Fsp3) is 0.350. The van der Waals surface area contributed by atoms with Gasteiger partial charge in [0, 0.05) is 31.9 Å². The second-order valence-electron chi connectivity index (χ2n) is 6.78. The number of anilines is 1. The highest BCUT2D eigenvalue weighted by molar-refractivity contribution is 5.78. The Kier molecular flexibility index (Phi) is 6.66. The van der Waals surface area contributed by atoms with E-state index >= 15 is 0 Å². The number of ether oxygens (including phenoxy) is 1. The number of guanidine groups is 1. The molecule has 1 atom stereocenters. The zero-order valence-electron chi connectivity index (χ0n) is 16.0. The normalized spacial score (nSPS) is 16.5. The molecule has 0 aliphatic carbocycles. The number of alkyl halides is 3. The van der Waals surface area contributed by atoms with Gasteiger partial charge in [-0.2, -0.15) is 0 Å². The third-order valence-electron chi connectivity index (χ3n) is 4.72. The van der Waals surface area contributed by atoms with Gasteiger partial charge in [-0.25, -0.2) is 4.39 Å². The fourth-order valence-corrected chi connectivity index (χ4v) is 3.12. The van der Waals surface area contributed by atoms with Gasteiger partial charge < -0.3 is 25.4 Å². The van der Waals surface area contributed by atoms with Crippen LogP contribution < -0.4 is 15.4 Å². The van der Waals surface area contributed by atoms with E-state index in [1.54, 1.807) is 12.1 Å². The molecule has 6 nitrogen and oxygen atoms in total. The monoisotopic (exact) mass is 426 g/mol. The van der Waals surface area contributed by atoms with E-state index < -0.39 is 12.5 Å². The predicted octanol–water partition coefficient (Wildman–Crippen LogP) is 2.89. The van der Waals surface area contributed by atoms with Crippen LogP contribution in [-0.2, 0) is 0 Å². The fourth-order valence-electron chi connectivity index (χ4n) is 3.12. The average Bonchev–Trinajstić information content (AvgIpc) is 2.72. The SMILES string of the molecule is NC(=NCC(O)c1ccc(OC(F)(F)F)cc1)N1CCN(c2ccc(F)cc2)CC1. The number of piperazine rings is 1. The lowest BCUT2D eigenvalue weighted by atomic mass is 10.1. The Balaban J connectivity index is 1.50. The zero-order chi connectivity index (χ0) is 21.7. The number of nitrogens with zero attached hydrogens (tertiary/aromatic N) is 3. The van der Waals surface area contributed by atoms with Crippen LogP contribution >= 0.6 is 0 Å².